The van der Waals surface area contributed by atoms with Crippen molar-refractivity contribution >= 4 is 23.2 Å². The molecule has 0 aliphatic carbocycles. The fourth-order valence-electron chi connectivity index (χ4n) is 2.14. The quantitative estimate of drug-likeness (QED) is 0.883. The molecule has 0 aromatic carbocycles. The lowest BCUT2D eigenvalue weighted by Gasteiger charge is -2.23. The Kier molecular flexibility index (Phi) is 4.36. The highest BCUT2D eigenvalue weighted by Crippen LogP contribution is 2.23. The maximum Gasteiger partial charge on any atom is 0.242 e. The summed E-state index contributed by atoms with van der Waals surface area (Å²) in [6.07, 6.45) is 2.03. The number of thiophene rings is 1. The van der Waals surface area contributed by atoms with Crippen LogP contribution < -0.4 is 5.32 Å². The van der Waals surface area contributed by atoms with Crippen LogP contribution >= 0.6 is 11.3 Å². The van der Waals surface area contributed by atoms with Crippen LogP contribution in [0.25, 0.3) is 0 Å². The summed E-state index contributed by atoms with van der Waals surface area (Å²) in [5.74, 6) is 0.0688. The van der Waals surface area contributed by atoms with E-state index in [9.17, 15) is 9.59 Å². The van der Waals surface area contributed by atoms with Crippen LogP contribution in [-0.2, 0) is 16.1 Å². The van der Waals surface area contributed by atoms with Crippen molar-refractivity contribution in [1.29, 1.82) is 0 Å². The van der Waals surface area contributed by atoms with Gasteiger partial charge in [-0.15, -0.1) is 11.3 Å². The number of rotatable bonds is 5. The minimum Gasteiger partial charge on any atom is -0.354 e. The van der Waals surface area contributed by atoms with Crippen LogP contribution in [0.15, 0.2) is 17.5 Å². The van der Waals surface area contributed by atoms with Gasteiger partial charge in [0.2, 0.25) is 11.8 Å². The molecule has 4 nitrogen and oxygen atoms in total. The second-order valence-electron chi connectivity index (χ2n) is 4.45. The van der Waals surface area contributed by atoms with E-state index in [0.717, 1.165) is 11.3 Å². The van der Waals surface area contributed by atoms with E-state index >= 15 is 0 Å². The molecule has 1 aliphatic heterocycles. The van der Waals surface area contributed by atoms with Crippen LogP contribution in [0.1, 0.15) is 31.1 Å². The van der Waals surface area contributed by atoms with Gasteiger partial charge in [0.1, 0.15) is 6.04 Å². The molecule has 98 valence electrons. The van der Waals surface area contributed by atoms with E-state index in [4.69, 9.17) is 0 Å². The van der Waals surface area contributed by atoms with Gasteiger partial charge in [0.15, 0.2) is 0 Å². The topological polar surface area (TPSA) is 49.4 Å². The molecule has 1 unspecified atom stereocenters. The van der Waals surface area contributed by atoms with E-state index in [-0.39, 0.29) is 17.9 Å². The van der Waals surface area contributed by atoms with Crippen LogP contribution in [0.3, 0.4) is 0 Å². The van der Waals surface area contributed by atoms with Crippen molar-refractivity contribution in [3.05, 3.63) is 22.4 Å². The Balaban J connectivity index is 2.01. The van der Waals surface area contributed by atoms with E-state index in [2.05, 4.69) is 5.32 Å². The van der Waals surface area contributed by atoms with Gasteiger partial charge in [-0.2, -0.15) is 0 Å². The SMILES string of the molecule is CCCNC(=O)C1CCC(=O)N1Cc1cccs1. The average molecular weight is 266 g/mol. The molecule has 1 saturated heterocycles. The minimum absolute atomic E-state index is 0.0146. The van der Waals surface area contributed by atoms with Crippen LogP contribution in [0, 0.1) is 0 Å². The van der Waals surface area contributed by atoms with Crippen molar-refractivity contribution in [3.8, 4) is 0 Å². The zero-order chi connectivity index (χ0) is 13.0. The lowest BCUT2D eigenvalue weighted by atomic mass is 10.2. The van der Waals surface area contributed by atoms with Gasteiger partial charge in [0.05, 0.1) is 6.54 Å². The summed E-state index contributed by atoms with van der Waals surface area (Å²) in [5.41, 5.74) is 0. The second-order valence-corrected chi connectivity index (χ2v) is 5.48. The molecule has 1 fully saturated rings. The first-order valence-corrected chi connectivity index (χ1v) is 7.20. The van der Waals surface area contributed by atoms with Gasteiger partial charge in [-0.05, 0) is 24.3 Å². The molecular weight excluding hydrogens is 248 g/mol. The lowest BCUT2D eigenvalue weighted by molar-refractivity contribution is -0.135. The largest absolute Gasteiger partial charge is 0.354 e. The molecule has 0 saturated carbocycles. The Bertz CT molecular complexity index is 417. The Morgan fingerprint density at radius 1 is 1.61 bits per heavy atom. The third-order valence-corrected chi connectivity index (χ3v) is 3.95. The van der Waals surface area contributed by atoms with Gasteiger partial charge in [0.25, 0.3) is 0 Å². The Hall–Kier alpha value is -1.36. The highest BCUT2D eigenvalue weighted by Gasteiger charge is 2.35. The minimum atomic E-state index is -0.286. The Labute approximate surface area is 111 Å². The normalized spacial score (nSPS) is 19.3. The van der Waals surface area contributed by atoms with E-state index in [1.54, 1.807) is 16.2 Å². The number of carbonyl (C=O) groups is 2. The second kappa shape index (κ2) is 6.00. The van der Waals surface area contributed by atoms with Gasteiger partial charge in [0, 0.05) is 17.8 Å². The van der Waals surface area contributed by atoms with Gasteiger partial charge in [-0.1, -0.05) is 13.0 Å². The fraction of sp³-hybridized carbons (Fsp3) is 0.538. The molecule has 0 spiro atoms. The summed E-state index contributed by atoms with van der Waals surface area (Å²) in [5, 5.41) is 4.86. The maximum atomic E-state index is 12.0. The number of carbonyl (C=O) groups excluding carboxylic acids is 2. The Morgan fingerprint density at radius 3 is 3.11 bits per heavy atom. The summed E-state index contributed by atoms with van der Waals surface area (Å²) in [7, 11) is 0. The van der Waals surface area contributed by atoms with Gasteiger partial charge >= 0.3 is 0 Å². The molecule has 2 amide bonds. The van der Waals surface area contributed by atoms with E-state index in [1.165, 1.54) is 0 Å². The molecule has 1 atom stereocenters. The first-order valence-electron chi connectivity index (χ1n) is 6.32. The van der Waals surface area contributed by atoms with Gasteiger partial charge in [-0.25, -0.2) is 0 Å². The number of nitrogens with zero attached hydrogens (tertiary/aromatic N) is 1. The summed E-state index contributed by atoms with van der Waals surface area (Å²) in [6.45, 7) is 3.25. The summed E-state index contributed by atoms with van der Waals surface area (Å²) in [4.78, 5) is 26.7. The standard InChI is InChI=1S/C13H18N2O2S/c1-2-7-14-13(17)11-5-6-12(16)15(11)9-10-4-3-8-18-10/h3-4,8,11H,2,5-7,9H2,1H3,(H,14,17). The van der Waals surface area contributed by atoms with Crippen molar-refractivity contribution < 1.29 is 9.59 Å². The molecule has 18 heavy (non-hydrogen) atoms. The van der Waals surface area contributed by atoms with Crippen LogP contribution in [0.5, 0.6) is 0 Å². The number of nitrogens with one attached hydrogen (secondary N) is 1. The molecule has 2 rings (SSSR count). The number of amides is 2. The number of hydrogen-bond donors (Lipinski definition) is 1. The molecule has 1 N–H and O–H groups in total. The molecular formula is C13H18N2O2S. The van der Waals surface area contributed by atoms with E-state index in [1.807, 2.05) is 24.4 Å². The van der Waals surface area contributed by atoms with Crippen molar-refractivity contribution in [1.82, 2.24) is 10.2 Å². The van der Waals surface area contributed by atoms with Gasteiger partial charge < -0.3 is 10.2 Å². The zero-order valence-corrected chi connectivity index (χ0v) is 11.3. The molecule has 5 heteroatoms. The molecule has 2 heterocycles. The highest BCUT2D eigenvalue weighted by molar-refractivity contribution is 7.09. The smallest absolute Gasteiger partial charge is 0.242 e. The molecule has 1 aromatic rings. The van der Waals surface area contributed by atoms with E-state index < -0.39 is 0 Å². The summed E-state index contributed by atoms with van der Waals surface area (Å²) < 4.78 is 0. The summed E-state index contributed by atoms with van der Waals surface area (Å²) >= 11 is 1.62. The average Bonchev–Trinajstić information content (AvgIpc) is 2.98. The van der Waals surface area contributed by atoms with Crippen molar-refractivity contribution in [2.75, 3.05) is 6.54 Å². The predicted molar refractivity (Wildman–Crippen MR) is 71.2 cm³/mol. The maximum absolute atomic E-state index is 12.0. The highest BCUT2D eigenvalue weighted by atomic mass is 32.1. The molecule has 0 bridgehead atoms. The van der Waals surface area contributed by atoms with E-state index in [0.29, 0.717) is 25.9 Å². The third-order valence-electron chi connectivity index (χ3n) is 3.09. The van der Waals surface area contributed by atoms with Crippen molar-refractivity contribution in [3.63, 3.8) is 0 Å². The van der Waals surface area contributed by atoms with Crippen molar-refractivity contribution in [2.24, 2.45) is 0 Å². The Morgan fingerprint density at radius 2 is 2.44 bits per heavy atom. The fourth-order valence-corrected chi connectivity index (χ4v) is 2.84. The first-order chi connectivity index (χ1) is 8.72. The lowest BCUT2D eigenvalue weighted by Crippen LogP contribution is -2.44. The number of hydrogen-bond acceptors (Lipinski definition) is 3. The predicted octanol–water partition coefficient (Wildman–Crippen LogP) is 1.77. The monoisotopic (exact) mass is 266 g/mol. The summed E-state index contributed by atoms with van der Waals surface area (Å²) in [6, 6.07) is 3.68. The van der Waals surface area contributed by atoms with Gasteiger partial charge in [-0.3, -0.25) is 9.59 Å². The number of likely N-dealkylation sites (tertiary alicyclic amines) is 1. The molecule has 1 aromatic heterocycles. The third kappa shape index (κ3) is 2.90. The van der Waals surface area contributed by atoms with Crippen LogP contribution in [0.2, 0.25) is 0 Å². The zero-order valence-electron chi connectivity index (χ0n) is 10.5. The van der Waals surface area contributed by atoms with Crippen LogP contribution in [0.4, 0.5) is 0 Å². The molecule has 1 aliphatic rings. The van der Waals surface area contributed by atoms with Crippen molar-refractivity contribution in [2.45, 2.75) is 38.8 Å². The molecule has 0 radical (unpaired) electrons. The first kappa shape index (κ1) is 13.1. The van der Waals surface area contributed by atoms with Crippen LogP contribution in [-0.4, -0.2) is 29.3 Å².